The predicted octanol–water partition coefficient (Wildman–Crippen LogP) is 2.45. The van der Waals surface area contributed by atoms with Gasteiger partial charge in [0.2, 0.25) is 0 Å². The van der Waals surface area contributed by atoms with Crippen LogP contribution in [0.2, 0.25) is 0 Å². The molecule has 1 aliphatic rings. The Hall–Kier alpha value is -1.55. The number of nitrogens with two attached hydrogens (primary N) is 1. The summed E-state index contributed by atoms with van der Waals surface area (Å²) < 4.78 is 5.37. The van der Waals surface area contributed by atoms with Gasteiger partial charge in [0.25, 0.3) is 0 Å². The van der Waals surface area contributed by atoms with E-state index in [1.165, 1.54) is 6.92 Å². The Morgan fingerprint density at radius 2 is 2.06 bits per heavy atom. The van der Waals surface area contributed by atoms with Gasteiger partial charge < -0.3 is 15.8 Å². The van der Waals surface area contributed by atoms with E-state index < -0.39 is 0 Å². The second-order valence-electron chi connectivity index (χ2n) is 5.16. The summed E-state index contributed by atoms with van der Waals surface area (Å²) in [6.45, 7) is 5.26. The average Bonchev–Trinajstić information content (AvgIpc) is 2.32. The van der Waals surface area contributed by atoms with Gasteiger partial charge in [-0.25, -0.2) is 0 Å². The monoisotopic (exact) mass is 248 g/mol. The number of carbonyl (C=O) groups is 1. The summed E-state index contributed by atoms with van der Waals surface area (Å²) in [5.74, 6) is -0.00622. The Morgan fingerprint density at radius 1 is 1.39 bits per heavy atom. The number of anilines is 2. The van der Waals surface area contributed by atoms with Gasteiger partial charge in [-0.05, 0) is 44.9 Å². The molecule has 2 rings (SSSR count). The van der Waals surface area contributed by atoms with Gasteiger partial charge in [0.1, 0.15) is 0 Å². The zero-order valence-corrected chi connectivity index (χ0v) is 11.0. The van der Waals surface area contributed by atoms with Crippen molar-refractivity contribution in [3.05, 3.63) is 23.8 Å². The van der Waals surface area contributed by atoms with Crippen molar-refractivity contribution in [2.75, 3.05) is 24.3 Å². The fourth-order valence-corrected chi connectivity index (χ4v) is 2.23. The Labute approximate surface area is 108 Å². The molecule has 1 aliphatic heterocycles. The molecule has 0 aromatic heterocycles. The van der Waals surface area contributed by atoms with Crippen LogP contribution in [0.15, 0.2) is 18.2 Å². The van der Waals surface area contributed by atoms with Crippen LogP contribution in [0.5, 0.6) is 0 Å². The lowest BCUT2D eigenvalue weighted by molar-refractivity contribution is 0.0658. The molecule has 0 amide bonds. The van der Waals surface area contributed by atoms with Crippen LogP contribution in [0.25, 0.3) is 0 Å². The second-order valence-corrected chi connectivity index (χ2v) is 5.16. The first-order valence-corrected chi connectivity index (χ1v) is 6.27. The third-order valence-corrected chi connectivity index (χ3v) is 3.48. The molecule has 0 atom stereocenters. The van der Waals surface area contributed by atoms with Gasteiger partial charge in [-0.15, -0.1) is 0 Å². The van der Waals surface area contributed by atoms with Crippen molar-refractivity contribution in [1.29, 1.82) is 0 Å². The number of nitrogen functional groups attached to an aromatic ring is 1. The van der Waals surface area contributed by atoms with Crippen molar-refractivity contribution >= 4 is 17.2 Å². The van der Waals surface area contributed by atoms with E-state index in [2.05, 4.69) is 12.2 Å². The van der Waals surface area contributed by atoms with E-state index in [1.54, 1.807) is 6.07 Å². The maximum Gasteiger partial charge on any atom is 0.161 e. The zero-order valence-electron chi connectivity index (χ0n) is 11.0. The van der Waals surface area contributed by atoms with Gasteiger partial charge in [-0.3, -0.25) is 4.79 Å². The highest BCUT2D eigenvalue weighted by Crippen LogP contribution is 2.27. The summed E-state index contributed by atoms with van der Waals surface area (Å²) in [6.07, 6.45) is 1.93. The number of ketones is 1. The highest BCUT2D eigenvalue weighted by atomic mass is 16.5. The topological polar surface area (TPSA) is 64.3 Å². The third-order valence-electron chi connectivity index (χ3n) is 3.48. The Bertz CT molecular complexity index is 451. The summed E-state index contributed by atoms with van der Waals surface area (Å²) >= 11 is 0. The van der Waals surface area contributed by atoms with Crippen molar-refractivity contribution in [3.8, 4) is 0 Å². The van der Waals surface area contributed by atoms with Crippen LogP contribution in [0.3, 0.4) is 0 Å². The lowest BCUT2D eigenvalue weighted by atomic mass is 9.92. The standard InChI is InChI=1S/C14H20N2O2/c1-10(17)12-9-11(3-4-13(12)15)16-14(2)5-7-18-8-6-14/h3-4,9,16H,5-8,15H2,1-2H3. The summed E-state index contributed by atoms with van der Waals surface area (Å²) in [5, 5.41) is 3.49. The molecule has 98 valence electrons. The highest BCUT2D eigenvalue weighted by molar-refractivity contribution is 6.00. The first-order valence-electron chi connectivity index (χ1n) is 6.27. The van der Waals surface area contributed by atoms with Crippen LogP contribution in [-0.2, 0) is 4.74 Å². The van der Waals surface area contributed by atoms with Gasteiger partial charge >= 0.3 is 0 Å². The van der Waals surface area contributed by atoms with Gasteiger partial charge in [-0.1, -0.05) is 0 Å². The van der Waals surface area contributed by atoms with Gasteiger partial charge in [0, 0.05) is 35.7 Å². The van der Waals surface area contributed by atoms with Crippen LogP contribution in [0.4, 0.5) is 11.4 Å². The third kappa shape index (κ3) is 2.82. The molecule has 0 bridgehead atoms. The maximum atomic E-state index is 11.5. The van der Waals surface area contributed by atoms with E-state index in [-0.39, 0.29) is 11.3 Å². The Kier molecular flexibility index (Phi) is 3.57. The molecular weight excluding hydrogens is 228 g/mol. The van der Waals surface area contributed by atoms with E-state index >= 15 is 0 Å². The number of benzene rings is 1. The number of Topliss-reactive ketones (excluding diaryl/α,β-unsaturated/α-hetero) is 1. The first kappa shape index (κ1) is 12.9. The van der Waals surface area contributed by atoms with Crippen LogP contribution < -0.4 is 11.1 Å². The molecule has 0 spiro atoms. The van der Waals surface area contributed by atoms with Crippen molar-refractivity contribution in [1.82, 2.24) is 0 Å². The van der Waals surface area contributed by atoms with E-state index in [0.29, 0.717) is 11.3 Å². The van der Waals surface area contributed by atoms with Crippen LogP contribution in [0.1, 0.15) is 37.0 Å². The normalized spacial score (nSPS) is 18.3. The molecule has 18 heavy (non-hydrogen) atoms. The summed E-state index contributed by atoms with van der Waals surface area (Å²) in [4.78, 5) is 11.5. The number of hydrogen-bond acceptors (Lipinski definition) is 4. The molecule has 3 N–H and O–H groups in total. The largest absolute Gasteiger partial charge is 0.398 e. The number of ether oxygens (including phenoxy) is 1. The quantitative estimate of drug-likeness (QED) is 0.637. The molecule has 1 heterocycles. The van der Waals surface area contributed by atoms with Crippen molar-refractivity contribution in [2.45, 2.75) is 32.2 Å². The zero-order chi connectivity index (χ0) is 13.2. The SMILES string of the molecule is CC(=O)c1cc(NC2(C)CCOCC2)ccc1N. The maximum absolute atomic E-state index is 11.5. The van der Waals surface area contributed by atoms with Crippen molar-refractivity contribution in [3.63, 3.8) is 0 Å². The van der Waals surface area contributed by atoms with Gasteiger partial charge in [0.15, 0.2) is 5.78 Å². The minimum Gasteiger partial charge on any atom is -0.398 e. The molecule has 4 nitrogen and oxygen atoms in total. The fraction of sp³-hybridized carbons (Fsp3) is 0.500. The van der Waals surface area contributed by atoms with Gasteiger partial charge in [-0.2, -0.15) is 0 Å². The van der Waals surface area contributed by atoms with Gasteiger partial charge in [0.05, 0.1) is 0 Å². The van der Waals surface area contributed by atoms with Crippen molar-refractivity contribution in [2.24, 2.45) is 0 Å². The summed E-state index contributed by atoms with van der Waals surface area (Å²) in [6, 6.07) is 5.53. The van der Waals surface area contributed by atoms with Crippen molar-refractivity contribution < 1.29 is 9.53 Å². The Morgan fingerprint density at radius 3 is 2.67 bits per heavy atom. The highest BCUT2D eigenvalue weighted by Gasteiger charge is 2.27. The predicted molar refractivity (Wildman–Crippen MR) is 72.9 cm³/mol. The van der Waals surface area contributed by atoms with Crippen LogP contribution in [-0.4, -0.2) is 24.5 Å². The fourth-order valence-electron chi connectivity index (χ4n) is 2.23. The smallest absolute Gasteiger partial charge is 0.161 e. The van der Waals surface area contributed by atoms with E-state index in [0.717, 1.165) is 31.7 Å². The van der Waals surface area contributed by atoms with Crippen LogP contribution in [0, 0.1) is 0 Å². The molecule has 4 heteroatoms. The number of nitrogens with one attached hydrogen (secondary N) is 1. The molecule has 0 radical (unpaired) electrons. The molecule has 0 unspecified atom stereocenters. The lowest BCUT2D eigenvalue weighted by Gasteiger charge is -2.35. The first-order chi connectivity index (χ1) is 8.50. The number of rotatable bonds is 3. The molecular formula is C14H20N2O2. The molecule has 1 saturated heterocycles. The van der Waals surface area contributed by atoms with E-state index in [4.69, 9.17) is 10.5 Å². The van der Waals surface area contributed by atoms with Crippen LogP contribution >= 0.6 is 0 Å². The average molecular weight is 248 g/mol. The summed E-state index contributed by atoms with van der Waals surface area (Å²) in [7, 11) is 0. The minimum atomic E-state index is -0.00622. The van der Waals surface area contributed by atoms with E-state index in [9.17, 15) is 4.79 Å². The molecule has 0 saturated carbocycles. The molecule has 0 aliphatic carbocycles. The van der Waals surface area contributed by atoms with E-state index in [1.807, 2.05) is 12.1 Å². The summed E-state index contributed by atoms with van der Waals surface area (Å²) in [5.41, 5.74) is 7.87. The Balaban J connectivity index is 2.18. The lowest BCUT2D eigenvalue weighted by Crippen LogP contribution is -2.40. The molecule has 1 fully saturated rings. The number of carbonyl (C=O) groups excluding carboxylic acids is 1. The molecule has 1 aromatic carbocycles. The number of hydrogen-bond donors (Lipinski definition) is 2. The second kappa shape index (κ2) is 4.98. The molecule has 1 aromatic rings. The minimum absolute atomic E-state index is 0.00622.